The van der Waals surface area contributed by atoms with Gasteiger partial charge in [0.15, 0.2) is 5.69 Å². The van der Waals surface area contributed by atoms with Crippen LogP contribution in [0.2, 0.25) is 0 Å². The number of carboxylic acid groups (broad SMARTS) is 1. The third-order valence-corrected chi connectivity index (χ3v) is 3.58. The Balaban J connectivity index is 2.37. The number of methoxy groups -OCH3 is 1. The molecular weight excluding hydrogens is 328 g/mol. The summed E-state index contributed by atoms with van der Waals surface area (Å²) in [5, 5.41) is 16.5. The van der Waals surface area contributed by atoms with Gasteiger partial charge in [-0.15, -0.1) is 5.10 Å². The van der Waals surface area contributed by atoms with Gasteiger partial charge in [-0.2, -0.15) is 0 Å². The van der Waals surface area contributed by atoms with Crippen molar-refractivity contribution in [2.45, 2.75) is 13.1 Å². The molecule has 0 aliphatic heterocycles. The number of hydrogen-bond acceptors (Lipinski definition) is 5. The molecule has 0 unspecified atom stereocenters. The zero-order chi connectivity index (χ0) is 14.7. The zero-order valence-corrected chi connectivity index (χ0v) is 12.3. The van der Waals surface area contributed by atoms with Crippen molar-refractivity contribution in [3.05, 3.63) is 39.6 Å². The molecule has 20 heavy (non-hydrogen) atoms. The maximum atomic E-state index is 11.0. The van der Waals surface area contributed by atoms with Crippen LogP contribution in [0.5, 0.6) is 5.75 Å². The first-order chi connectivity index (χ1) is 9.56. The fourth-order valence-corrected chi connectivity index (χ4v) is 2.16. The highest BCUT2D eigenvalue weighted by molar-refractivity contribution is 9.10. The van der Waals surface area contributed by atoms with E-state index in [1.165, 1.54) is 4.68 Å². The Hall–Kier alpha value is -1.93. The first-order valence-corrected chi connectivity index (χ1v) is 6.54. The third-order valence-electron chi connectivity index (χ3n) is 2.81. The molecule has 7 nitrogen and oxygen atoms in total. The molecule has 0 aliphatic carbocycles. The average Bonchev–Trinajstić information content (AvgIpc) is 2.84. The van der Waals surface area contributed by atoms with Crippen LogP contribution >= 0.6 is 15.9 Å². The van der Waals surface area contributed by atoms with Crippen LogP contribution in [0.15, 0.2) is 22.7 Å². The second-order valence-corrected chi connectivity index (χ2v) is 4.86. The van der Waals surface area contributed by atoms with Gasteiger partial charge in [-0.05, 0) is 23.8 Å². The topological polar surface area (TPSA) is 103 Å². The van der Waals surface area contributed by atoms with Gasteiger partial charge in [0.05, 0.1) is 19.3 Å². The summed E-state index contributed by atoms with van der Waals surface area (Å²) in [5.74, 6) is -0.433. The highest BCUT2D eigenvalue weighted by atomic mass is 79.9. The summed E-state index contributed by atoms with van der Waals surface area (Å²) in [6, 6.07) is 5.51. The lowest BCUT2D eigenvalue weighted by Crippen LogP contribution is -2.13. The molecule has 0 aliphatic rings. The largest absolute Gasteiger partial charge is 0.497 e. The van der Waals surface area contributed by atoms with E-state index >= 15 is 0 Å². The molecule has 106 valence electrons. The summed E-state index contributed by atoms with van der Waals surface area (Å²) < 4.78 is 7.51. The number of hydrogen-bond donors (Lipinski definition) is 2. The van der Waals surface area contributed by atoms with Gasteiger partial charge in [0.25, 0.3) is 0 Å². The van der Waals surface area contributed by atoms with Gasteiger partial charge >= 0.3 is 5.97 Å². The third kappa shape index (κ3) is 2.81. The number of rotatable bonds is 5. The molecule has 1 aromatic heterocycles. The molecule has 0 fully saturated rings. The molecule has 3 N–H and O–H groups in total. The zero-order valence-electron chi connectivity index (χ0n) is 10.7. The number of nitrogens with two attached hydrogens (primary N) is 1. The Morgan fingerprint density at radius 2 is 2.30 bits per heavy atom. The monoisotopic (exact) mass is 340 g/mol. The fraction of sp³-hybridized carbons (Fsp3) is 0.250. The summed E-state index contributed by atoms with van der Waals surface area (Å²) in [4.78, 5) is 11.0. The van der Waals surface area contributed by atoms with E-state index in [9.17, 15) is 4.79 Å². The molecule has 0 amide bonds. The molecule has 2 aromatic rings. The van der Waals surface area contributed by atoms with Gasteiger partial charge in [-0.25, -0.2) is 9.48 Å². The fourth-order valence-electron chi connectivity index (χ4n) is 1.79. The smallest absolute Gasteiger partial charge is 0.358 e. The average molecular weight is 341 g/mol. The van der Waals surface area contributed by atoms with E-state index in [1.807, 2.05) is 18.2 Å². The molecule has 1 aromatic carbocycles. The van der Waals surface area contributed by atoms with Crippen LogP contribution in [0.3, 0.4) is 0 Å². The summed E-state index contributed by atoms with van der Waals surface area (Å²) >= 11 is 3.43. The lowest BCUT2D eigenvalue weighted by molar-refractivity contribution is 0.0689. The van der Waals surface area contributed by atoms with E-state index in [0.29, 0.717) is 18.0 Å². The number of aromatic carboxylic acids is 1. The van der Waals surface area contributed by atoms with Crippen molar-refractivity contribution in [3.8, 4) is 5.75 Å². The number of ether oxygens (including phenoxy) is 1. The number of benzene rings is 1. The second-order valence-electron chi connectivity index (χ2n) is 4.01. The van der Waals surface area contributed by atoms with Crippen molar-refractivity contribution in [2.24, 2.45) is 5.73 Å². The van der Waals surface area contributed by atoms with Crippen LogP contribution in [0.25, 0.3) is 0 Å². The lowest BCUT2D eigenvalue weighted by atomic mass is 10.2. The summed E-state index contributed by atoms with van der Waals surface area (Å²) in [6.07, 6.45) is 0. The van der Waals surface area contributed by atoms with Crippen molar-refractivity contribution in [1.29, 1.82) is 0 Å². The summed E-state index contributed by atoms with van der Waals surface area (Å²) in [7, 11) is 1.58. The molecule has 0 saturated heterocycles. The first kappa shape index (κ1) is 14.5. The van der Waals surface area contributed by atoms with Crippen molar-refractivity contribution in [1.82, 2.24) is 15.0 Å². The number of aromatic nitrogens is 3. The standard InChI is InChI=1S/C12H13BrN4O3/c1-20-8-2-3-9(13)7(4-8)6-17-10(5-14)11(12(18)19)15-16-17/h2-4H,5-6,14H2,1H3,(H,18,19). The number of halogens is 1. The van der Waals surface area contributed by atoms with Crippen LogP contribution in [0.4, 0.5) is 0 Å². The predicted molar refractivity (Wildman–Crippen MR) is 74.7 cm³/mol. The number of nitrogens with zero attached hydrogens (tertiary/aromatic N) is 3. The number of carbonyl (C=O) groups is 1. The Labute approximate surface area is 123 Å². The summed E-state index contributed by atoms with van der Waals surface area (Å²) in [5.41, 5.74) is 6.73. The Morgan fingerprint density at radius 1 is 1.55 bits per heavy atom. The maximum absolute atomic E-state index is 11.0. The molecule has 0 spiro atoms. The van der Waals surface area contributed by atoms with Crippen LogP contribution in [0.1, 0.15) is 21.7 Å². The predicted octanol–water partition coefficient (Wildman–Crippen LogP) is 1.25. The maximum Gasteiger partial charge on any atom is 0.358 e. The van der Waals surface area contributed by atoms with E-state index in [1.54, 1.807) is 7.11 Å². The Morgan fingerprint density at radius 3 is 2.90 bits per heavy atom. The highest BCUT2D eigenvalue weighted by Gasteiger charge is 2.18. The van der Waals surface area contributed by atoms with Crippen LogP contribution in [-0.4, -0.2) is 33.2 Å². The van der Waals surface area contributed by atoms with Crippen molar-refractivity contribution >= 4 is 21.9 Å². The van der Waals surface area contributed by atoms with Crippen molar-refractivity contribution < 1.29 is 14.6 Å². The van der Waals surface area contributed by atoms with E-state index in [0.717, 1.165) is 10.0 Å². The van der Waals surface area contributed by atoms with E-state index in [2.05, 4.69) is 26.2 Å². The minimum Gasteiger partial charge on any atom is -0.497 e. The van der Waals surface area contributed by atoms with Gasteiger partial charge in [0.2, 0.25) is 0 Å². The van der Waals surface area contributed by atoms with Crippen LogP contribution < -0.4 is 10.5 Å². The minimum atomic E-state index is -1.14. The number of carboxylic acids is 1. The van der Waals surface area contributed by atoms with Crippen LogP contribution in [0, 0.1) is 0 Å². The van der Waals surface area contributed by atoms with E-state index in [4.69, 9.17) is 15.6 Å². The molecule has 0 atom stereocenters. The SMILES string of the molecule is COc1ccc(Br)c(Cn2nnc(C(=O)O)c2CN)c1. The molecule has 8 heteroatoms. The highest BCUT2D eigenvalue weighted by Crippen LogP contribution is 2.23. The molecular formula is C12H13BrN4O3. The van der Waals surface area contributed by atoms with Gasteiger partial charge in [0.1, 0.15) is 5.75 Å². The quantitative estimate of drug-likeness (QED) is 0.849. The molecule has 0 radical (unpaired) electrons. The van der Waals surface area contributed by atoms with Gasteiger partial charge < -0.3 is 15.6 Å². The van der Waals surface area contributed by atoms with E-state index in [-0.39, 0.29) is 12.2 Å². The molecule has 0 bridgehead atoms. The first-order valence-electron chi connectivity index (χ1n) is 5.75. The van der Waals surface area contributed by atoms with Gasteiger partial charge in [-0.1, -0.05) is 21.1 Å². The van der Waals surface area contributed by atoms with Crippen LogP contribution in [-0.2, 0) is 13.1 Å². The summed E-state index contributed by atoms with van der Waals surface area (Å²) in [6.45, 7) is 0.404. The normalized spacial score (nSPS) is 10.6. The molecule has 0 saturated carbocycles. The minimum absolute atomic E-state index is 0.0518. The van der Waals surface area contributed by atoms with Crippen molar-refractivity contribution in [3.63, 3.8) is 0 Å². The van der Waals surface area contributed by atoms with E-state index < -0.39 is 5.97 Å². The molecule has 2 rings (SSSR count). The Bertz CT molecular complexity index is 642. The van der Waals surface area contributed by atoms with Gasteiger partial charge in [0, 0.05) is 11.0 Å². The van der Waals surface area contributed by atoms with Crippen molar-refractivity contribution in [2.75, 3.05) is 7.11 Å². The molecule has 1 heterocycles. The van der Waals surface area contributed by atoms with Gasteiger partial charge in [-0.3, -0.25) is 0 Å². The Kier molecular flexibility index (Phi) is 4.35. The second kappa shape index (κ2) is 6.02. The lowest BCUT2D eigenvalue weighted by Gasteiger charge is -2.09.